The summed E-state index contributed by atoms with van der Waals surface area (Å²) in [6.45, 7) is 1.92. The number of amides is 1. The lowest BCUT2D eigenvalue weighted by Crippen LogP contribution is -2.25. The Balaban J connectivity index is 1.75. The zero-order chi connectivity index (χ0) is 18.5. The van der Waals surface area contributed by atoms with Crippen molar-refractivity contribution in [1.29, 1.82) is 0 Å². The molecule has 1 amide bonds. The minimum absolute atomic E-state index is 0.0940. The first-order chi connectivity index (χ1) is 13.1. The van der Waals surface area contributed by atoms with E-state index >= 15 is 0 Å². The lowest BCUT2D eigenvalue weighted by molar-refractivity contribution is -0.116. The van der Waals surface area contributed by atoms with Gasteiger partial charge in [-0.15, -0.1) is 0 Å². The van der Waals surface area contributed by atoms with Crippen molar-refractivity contribution >= 4 is 34.5 Å². The van der Waals surface area contributed by atoms with Crippen LogP contribution in [0.1, 0.15) is 29.2 Å². The summed E-state index contributed by atoms with van der Waals surface area (Å²) in [5, 5.41) is 8.23. The number of nitrogens with one attached hydrogen (secondary N) is 2. The van der Waals surface area contributed by atoms with Crippen LogP contribution >= 0.6 is 11.6 Å². The average Bonchev–Trinajstić information content (AvgIpc) is 3.26. The Morgan fingerprint density at radius 1 is 1.22 bits per heavy atom. The molecule has 2 N–H and O–H groups in total. The minimum Gasteiger partial charge on any atom is -0.340 e. The highest BCUT2D eigenvalue weighted by Gasteiger charge is 2.34. The van der Waals surface area contributed by atoms with Crippen LogP contribution in [-0.2, 0) is 4.79 Å². The third-order valence-electron chi connectivity index (χ3n) is 4.79. The Hall–Kier alpha value is -3.26. The molecule has 0 radical (unpaired) electrons. The Morgan fingerprint density at radius 2 is 2.07 bits per heavy atom. The number of H-pyrrole nitrogens is 1. The van der Waals surface area contributed by atoms with Crippen molar-refractivity contribution in [1.82, 2.24) is 29.7 Å². The number of hydrogen-bond donors (Lipinski definition) is 2. The highest BCUT2D eigenvalue weighted by molar-refractivity contribution is 6.31. The van der Waals surface area contributed by atoms with E-state index in [0.717, 1.165) is 16.8 Å². The molecule has 0 saturated heterocycles. The van der Waals surface area contributed by atoms with Crippen LogP contribution in [0.4, 0.5) is 5.82 Å². The van der Waals surface area contributed by atoms with Crippen LogP contribution in [-0.4, -0.2) is 35.6 Å². The Morgan fingerprint density at radius 3 is 2.93 bits per heavy atom. The van der Waals surface area contributed by atoms with Crippen LogP contribution < -0.4 is 5.32 Å². The molecule has 27 heavy (non-hydrogen) atoms. The first-order valence-corrected chi connectivity index (χ1v) is 8.79. The number of hydrogen-bond acceptors (Lipinski definition) is 5. The minimum atomic E-state index is -0.171. The molecule has 4 heterocycles. The van der Waals surface area contributed by atoms with Gasteiger partial charge in [0.05, 0.1) is 12.0 Å². The number of aryl methyl sites for hydroxylation is 1. The van der Waals surface area contributed by atoms with Crippen LogP contribution in [0.15, 0.2) is 36.9 Å². The van der Waals surface area contributed by atoms with Crippen molar-refractivity contribution in [2.75, 3.05) is 5.32 Å². The third kappa shape index (κ3) is 2.41. The number of aromatic amines is 1. The van der Waals surface area contributed by atoms with Gasteiger partial charge in [-0.1, -0.05) is 29.8 Å². The molecule has 1 unspecified atom stereocenters. The van der Waals surface area contributed by atoms with Crippen molar-refractivity contribution in [3.05, 3.63) is 58.8 Å². The molecule has 1 aromatic carbocycles. The number of anilines is 1. The van der Waals surface area contributed by atoms with Crippen LogP contribution in [0, 0.1) is 6.92 Å². The number of rotatable bonds is 2. The predicted molar refractivity (Wildman–Crippen MR) is 100 cm³/mol. The van der Waals surface area contributed by atoms with E-state index in [1.807, 2.05) is 31.2 Å². The fourth-order valence-corrected chi connectivity index (χ4v) is 3.90. The fourth-order valence-electron chi connectivity index (χ4n) is 3.64. The smallest absolute Gasteiger partial charge is 0.226 e. The van der Waals surface area contributed by atoms with E-state index in [0.29, 0.717) is 34.2 Å². The number of carbonyl (C=O) groups is 1. The number of aromatic nitrogens is 6. The van der Waals surface area contributed by atoms with Gasteiger partial charge in [-0.05, 0) is 18.6 Å². The van der Waals surface area contributed by atoms with Gasteiger partial charge in [0.15, 0.2) is 11.5 Å². The molecule has 8 nitrogen and oxygen atoms in total. The maximum Gasteiger partial charge on any atom is 0.226 e. The van der Waals surface area contributed by atoms with Crippen LogP contribution in [0.2, 0.25) is 5.02 Å². The van der Waals surface area contributed by atoms with Crippen LogP contribution in [0.25, 0.3) is 17.0 Å². The van der Waals surface area contributed by atoms with Crippen molar-refractivity contribution < 1.29 is 4.79 Å². The van der Waals surface area contributed by atoms with E-state index in [4.69, 9.17) is 11.6 Å². The normalized spacial score (nSPS) is 16.4. The summed E-state index contributed by atoms with van der Waals surface area (Å²) in [5.41, 5.74) is 3.84. The Labute approximate surface area is 158 Å². The van der Waals surface area contributed by atoms with Crippen molar-refractivity contribution in [2.24, 2.45) is 0 Å². The second kappa shape index (κ2) is 5.88. The van der Waals surface area contributed by atoms with Gasteiger partial charge < -0.3 is 10.3 Å². The van der Waals surface area contributed by atoms with Gasteiger partial charge in [-0.3, -0.25) is 4.79 Å². The number of imidazole rings is 1. The molecule has 0 bridgehead atoms. The zero-order valence-corrected chi connectivity index (χ0v) is 15.0. The monoisotopic (exact) mass is 379 g/mol. The van der Waals surface area contributed by atoms with Gasteiger partial charge in [0.1, 0.15) is 17.7 Å². The lowest BCUT2D eigenvalue weighted by Gasteiger charge is -2.25. The van der Waals surface area contributed by atoms with E-state index in [9.17, 15) is 4.79 Å². The molecule has 5 rings (SSSR count). The molecule has 1 aliphatic rings. The summed E-state index contributed by atoms with van der Waals surface area (Å²) < 4.78 is 1.63. The van der Waals surface area contributed by atoms with Crippen molar-refractivity contribution in [3.63, 3.8) is 0 Å². The second-order valence-corrected chi connectivity index (χ2v) is 6.79. The zero-order valence-electron chi connectivity index (χ0n) is 14.3. The first kappa shape index (κ1) is 16.0. The van der Waals surface area contributed by atoms with Gasteiger partial charge in [0, 0.05) is 22.9 Å². The summed E-state index contributed by atoms with van der Waals surface area (Å²) in [4.78, 5) is 28.2. The predicted octanol–water partition coefficient (Wildman–Crippen LogP) is 2.97. The van der Waals surface area contributed by atoms with Gasteiger partial charge in [0.25, 0.3) is 0 Å². The molecule has 0 fully saturated rings. The summed E-state index contributed by atoms with van der Waals surface area (Å²) in [6.07, 6.45) is 3.29. The van der Waals surface area contributed by atoms with E-state index in [1.54, 1.807) is 11.0 Å². The van der Waals surface area contributed by atoms with Gasteiger partial charge >= 0.3 is 0 Å². The van der Waals surface area contributed by atoms with Crippen LogP contribution in [0.3, 0.4) is 0 Å². The first-order valence-electron chi connectivity index (χ1n) is 8.41. The summed E-state index contributed by atoms with van der Waals surface area (Å²) in [7, 11) is 0. The summed E-state index contributed by atoms with van der Waals surface area (Å²) in [5.74, 6) is 0.865. The average molecular weight is 380 g/mol. The number of benzene rings is 1. The number of carbonyl (C=O) groups excluding carboxylic acids is 1. The van der Waals surface area contributed by atoms with Crippen molar-refractivity contribution in [2.45, 2.75) is 19.3 Å². The quantitative estimate of drug-likeness (QED) is 0.557. The molecular formula is C18H14ClN7O. The van der Waals surface area contributed by atoms with Gasteiger partial charge in [-0.25, -0.2) is 15.0 Å². The molecule has 0 saturated carbocycles. The van der Waals surface area contributed by atoms with Gasteiger partial charge in [0.2, 0.25) is 5.91 Å². The highest BCUT2D eigenvalue weighted by atomic mass is 35.5. The standard InChI is InChI=1S/C18H14ClN7O/c1-9-14-11(10-4-2-3-5-12(10)19)6-13(27)24-17(14)26(25-9)18-15-16(21-7-20-15)22-8-23-18/h2-5,7-8,11H,6H2,1H3,(H,24,27)(H,20,21,22,23). The molecule has 0 aliphatic carbocycles. The molecule has 3 aromatic heterocycles. The largest absolute Gasteiger partial charge is 0.340 e. The fraction of sp³-hybridized carbons (Fsp3) is 0.167. The maximum atomic E-state index is 12.5. The van der Waals surface area contributed by atoms with E-state index < -0.39 is 0 Å². The van der Waals surface area contributed by atoms with Gasteiger partial charge in [-0.2, -0.15) is 9.78 Å². The Bertz CT molecular complexity index is 1200. The van der Waals surface area contributed by atoms with Crippen LogP contribution in [0.5, 0.6) is 0 Å². The highest BCUT2D eigenvalue weighted by Crippen LogP contribution is 2.42. The third-order valence-corrected chi connectivity index (χ3v) is 5.13. The number of nitrogens with zero attached hydrogens (tertiary/aromatic N) is 5. The Kier molecular flexibility index (Phi) is 3.48. The molecular weight excluding hydrogens is 366 g/mol. The molecule has 1 atom stereocenters. The molecule has 4 aromatic rings. The van der Waals surface area contributed by atoms with E-state index in [-0.39, 0.29) is 11.8 Å². The number of halogens is 1. The summed E-state index contributed by atoms with van der Waals surface area (Å²) in [6, 6.07) is 7.58. The maximum absolute atomic E-state index is 12.5. The second-order valence-electron chi connectivity index (χ2n) is 6.38. The molecule has 9 heteroatoms. The molecule has 1 aliphatic heterocycles. The topological polar surface area (TPSA) is 101 Å². The SMILES string of the molecule is Cc1nn(-c2ncnc3nc[nH]c23)c2c1C(c1ccccc1Cl)CC(=O)N2. The number of fused-ring (bicyclic) bond motifs is 2. The van der Waals surface area contributed by atoms with E-state index in [1.165, 1.54) is 6.33 Å². The molecule has 134 valence electrons. The lowest BCUT2D eigenvalue weighted by atomic mass is 9.86. The molecule has 0 spiro atoms. The summed E-state index contributed by atoms with van der Waals surface area (Å²) >= 11 is 6.42. The van der Waals surface area contributed by atoms with E-state index in [2.05, 4.69) is 30.4 Å². The van der Waals surface area contributed by atoms with Crippen molar-refractivity contribution in [3.8, 4) is 5.82 Å².